The smallest absolute Gasteiger partial charge is 0.163 e. The fraction of sp³-hybridized carbons (Fsp3) is 0.235. The highest BCUT2D eigenvalue weighted by atomic mass is 35.5. The van der Waals surface area contributed by atoms with Gasteiger partial charge in [0.05, 0.1) is 5.52 Å². The Kier molecular flexibility index (Phi) is 3.84. The summed E-state index contributed by atoms with van der Waals surface area (Å²) in [5.41, 5.74) is 2.78. The number of para-hydroxylation sites is 1. The van der Waals surface area contributed by atoms with E-state index in [1.807, 2.05) is 36.4 Å². The molecule has 0 aliphatic carbocycles. The fourth-order valence-electron chi connectivity index (χ4n) is 2.39. The minimum atomic E-state index is 0.476. The minimum absolute atomic E-state index is 0.476. The maximum Gasteiger partial charge on any atom is 0.163 e. The van der Waals surface area contributed by atoms with Crippen LogP contribution in [0.5, 0.6) is 0 Å². The zero-order chi connectivity index (χ0) is 14.8. The predicted molar refractivity (Wildman–Crippen MR) is 86.3 cm³/mol. The van der Waals surface area contributed by atoms with Gasteiger partial charge in [0.25, 0.3) is 0 Å². The van der Waals surface area contributed by atoms with Crippen LogP contribution in [0, 0.1) is 5.92 Å². The molecule has 2 aromatic heterocycles. The van der Waals surface area contributed by atoms with Crippen LogP contribution in [-0.4, -0.2) is 15.0 Å². The normalized spacial score (nSPS) is 11.2. The van der Waals surface area contributed by atoms with Gasteiger partial charge in [-0.1, -0.05) is 43.6 Å². The van der Waals surface area contributed by atoms with Crippen LogP contribution >= 0.6 is 11.6 Å². The molecule has 0 atom stereocenters. The molecule has 0 aliphatic heterocycles. The van der Waals surface area contributed by atoms with Gasteiger partial charge in [-0.2, -0.15) is 0 Å². The van der Waals surface area contributed by atoms with E-state index in [1.165, 1.54) is 0 Å². The Morgan fingerprint density at radius 1 is 1.10 bits per heavy atom. The van der Waals surface area contributed by atoms with Gasteiger partial charge in [0.1, 0.15) is 5.15 Å². The SMILES string of the molecule is CC(C)Cc1cc(Cl)nc(-c2cccc3cccnc23)n1. The summed E-state index contributed by atoms with van der Waals surface area (Å²) in [6.45, 7) is 4.32. The molecule has 0 saturated carbocycles. The number of hydrogen-bond acceptors (Lipinski definition) is 3. The Labute approximate surface area is 129 Å². The van der Waals surface area contributed by atoms with E-state index in [0.717, 1.165) is 28.6 Å². The zero-order valence-electron chi connectivity index (χ0n) is 12.0. The average Bonchev–Trinajstić information content (AvgIpc) is 2.45. The molecule has 0 fully saturated rings. The van der Waals surface area contributed by atoms with Crippen LogP contribution < -0.4 is 0 Å². The Balaban J connectivity index is 2.16. The highest BCUT2D eigenvalue weighted by molar-refractivity contribution is 6.29. The lowest BCUT2D eigenvalue weighted by Crippen LogP contribution is -2.01. The molecule has 21 heavy (non-hydrogen) atoms. The van der Waals surface area contributed by atoms with Crippen molar-refractivity contribution in [3.05, 3.63) is 53.4 Å². The van der Waals surface area contributed by atoms with E-state index in [-0.39, 0.29) is 0 Å². The lowest BCUT2D eigenvalue weighted by Gasteiger charge is -2.09. The molecule has 0 bridgehead atoms. The third kappa shape index (κ3) is 3.03. The minimum Gasteiger partial charge on any atom is -0.255 e. The number of aromatic nitrogens is 3. The van der Waals surface area contributed by atoms with Crippen molar-refractivity contribution in [1.29, 1.82) is 0 Å². The summed E-state index contributed by atoms with van der Waals surface area (Å²) >= 11 is 6.16. The molecule has 0 N–H and O–H groups in total. The van der Waals surface area contributed by atoms with E-state index in [4.69, 9.17) is 11.6 Å². The Bertz CT molecular complexity index is 779. The summed E-state index contributed by atoms with van der Waals surface area (Å²) in [5, 5.41) is 1.55. The van der Waals surface area contributed by atoms with Crippen LogP contribution in [-0.2, 0) is 6.42 Å². The second-order valence-electron chi connectivity index (χ2n) is 5.48. The van der Waals surface area contributed by atoms with Gasteiger partial charge in [0.2, 0.25) is 0 Å². The average molecular weight is 298 g/mol. The number of halogens is 1. The lowest BCUT2D eigenvalue weighted by atomic mass is 10.1. The van der Waals surface area contributed by atoms with Gasteiger partial charge in [-0.3, -0.25) is 4.98 Å². The topological polar surface area (TPSA) is 38.7 Å². The molecule has 4 heteroatoms. The summed E-state index contributed by atoms with van der Waals surface area (Å²) in [5.74, 6) is 1.16. The first-order valence-electron chi connectivity index (χ1n) is 7.01. The van der Waals surface area contributed by atoms with E-state index in [2.05, 4.69) is 28.8 Å². The number of pyridine rings is 1. The largest absolute Gasteiger partial charge is 0.255 e. The van der Waals surface area contributed by atoms with Gasteiger partial charge in [0, 0.05) is 22.8 Å². The van der Waals surface area contributed by atoms with Crippen LogP contribution in [0.15, 0.2) is 42.6 Å². The molecule has 3 rings (SSSR count). The second kappa shape index (κ2) is 5.78. The van der Waals surface area contributed by atoms with Crippen molar-refractivity contribution in [3.63, 3.8) is 0 Å². The maximum absolute atomic E-state index is 6.16. The van der Waals surface area contributed by atoms with E-state index >= 15 is 0 Å². The van der Waals surface area contributed by atoms with Crippen molar-refractivity contribution in [1.82, 2.24) is 15.0 Å². The van der Waals surface area contributed by atoms with E-state index in [0.29, 0.717) is 16.9 Å². The summed E-state index contributed by atoms with van der Waals surface area (Å²) in [6.07, 6.45) is 2.67. The van der Waals surface area contributed by atoms with Crippen molar-refractivity contribution in [2.24, 2.45) is 5.92 Å². The molecular formula is C17H16ClN3. The van der Waals surface area contributed by atoms with Gasteiger partial charge in [-0.25, -0.2) is 9.97 Å². The van der Waals surface area contributed by atoms with Crippen molar-refractivity contribution < 1.29 is 0 Å². The van der Waals surface area contributed by atoms with Crippen molar-refractivity contribution in [3.8, 4) is 11.4 Å². The number of hydrogen-bond donors (Lipinski definition) is 0. The quantitative estimate of drug-likeness (QED) is 0.666. The van der Waals surface area contributed by atoms with Gasteiger partial charge < -0.3 is 0 Å². The number of nitrogens with zero attached hydrogens (tertiary/aromatic N) is 3. The first kappa shape index (κ1) is 14.0. The highest BCUT2D eigenvalue weighted by Gasteiger charge is 2.11. The maximum atomic E-state index is 6.16. The summed E-state index contributed by atoms with van der Waals surface area (Å²) in [7, 11) is 0. The van der Waals surface area contributed by atoms with Gasteiger partial charge in [-0.05, 0) is 30.5 Å². The Morgan fingerprint density at radius 3 is 2.71 bits per heavy atom. The summed E-state index contributed by atoms with van der Waals surface area (Å²) in [4.78, 5) is 13.5. The molecule has 2 heterocycles. The van der Waals surface area contributed by atoms with Gasteiger partial charge in [-0.15, -0.1) is 0 Å². The molecule has 0 saturated heterocycles. The molecule has 106 valence electrons. The molecule has 0 aliphatic rings. The molecule has 0 amide bonds. The standard InChI is InChI=1S/C17H16ClN3/c1-11(2)9-13-10-15(18)21-17(20-13)14-7-3-5-12-6-4-8-19-16(12)14/h3-8,10-11H,9H2,1-2H3. The third-order valence-corrected chi connectivity index (χ3v) is 3.43. The van der Waals surface area contributed by atoms with Crippen molar-refractivity contribution >= 4 is 22.5 Å². The monoisotopic (exact) mass is 297 g/mol. The molecule has 0 unspecified atom stereocenters. The lowest BCUT2D eigenvalue weighted by molar-refractivity contribution is 0.634. The molecule has 0 spiro atoms. The van der Waals surface area contributed by atoms with Gasteiger partial charge in [0.15, 0.2) is 5.82 Å². The third-order valence-electron chi connectivity index (χ3n) is 3.24. The van der Waals surface area contributed by atoms with E-state index in [9.17, 15) is 0 Å². The summed E-state index contributed by atoms with van der Waals surface area (Å²) < 4.78 is 0. The van der Waals surface area contributed by atoms with E-state index in [1.54, 1.807) is 6.20 Å². The van der Waals surface area contributed by atoms with Crippen molar-refractivity contribution in [2.75, 3.05) is 0 Å². The molecular weight excluding hydrogens is 282 g/mol. The Morgan fingerprint density at radius 2 is 1.90 bits per heavy atom. The number of fused-ring (bicyclic) bond motifs is 1. The fourth-order valence-corrected chi connectivity index (χ4v) is 2.60. The van der Waals surface area contributed by atoms with Gasteiger partial charge >= 0.3 is 0 Å². The van der Waals surface area contributed by atoms with Crippen LogP contribution in [0.2, 0.25) is 5.15 Å². The number of rotatable bonds is 3. The van der Waals surface area contributed by atoms with E-state index < -0.39 is 0 Å². The summed E-state index contributed by atoms with van der Waals surface area (Å²) in [6, 6.07) is 11.8. The first-order chi connectivity index (χ1) is 10.1. The predicted octanol–water partition coefficient (Wildman–Crippen LogP) is 4.54. The highest BCUT2D eigenvalue weighted by Crippen LogP contribution is 2.26. The van der Waals surface area contributed by atoms with Crippen LogP contribution in [0.25, 0.3) is 22.3 Å². The number of benzene rings is 1. The van der Waals surface area contributed by atoms with Crippen LogP contribution in [0.4, 0.5) is 0 Å². The van der Waals surface area contributed by atoms with Crippen molar-refractivity contribution in [2.45, 2.75) is 20.3 Å². The second-order valence-corrected chi connectivity index (χ2v) is 5.87. The molecule has 1 aromatic carbocycles. The Hall–Kier alpha value is -2.00. The molecule has 0 radical (unpaired) electrons. The molecule has 3 aromatic rings. The van der Waals surface area contributed by atoms with Crippen LogP contribution in [0.3, 0.4) is 0 Å². The zero-order valence-corrected chi connectivity index (χ0v) is 12.8. The van der Waals surface area contributed by atoms with Crippen LogP contribution in [0.1, 0.15) is 19.5 Å². The first-order valence-corrected chi connectivity index (χ1v) is 7.39. The molecule has 3 nitrogen and oxygen atoms in total.